The van der Waals surface area contributed by atoms with Gasteiger partial charge in [-0.05, 0) is 23.6 Å². The van der Waals surface area contributed by atoms with Crippen molar-refractivity contribution >= 4 is 18.2 Å². The first-order chi connectivity index (χ1) is 12.6. The third kappa shape index (κ3) is 5.53. The normalized spacial score (nSPS) is 11.2. The van der Waals surface area contributed by atoms with E-state index in [2.05, 4.69) is 21.3 Å². The van der Waals surface area contributed by atoms with E-state index in [-0.39, 0.29) is 0 Å². The fourth-order valence-electron chi connectivity index (χ4n) is 2.08. The molecule has 0 saturated carbocycles. The van der Waals surface area contributed by atoms with Crippen LogP contribution in [-0.4, -0.2) is 26.3 Å². The zero-order valence-electron chi connectivity index (χ0n) is 14.5. The van der Waals surface area contributed by atoms with Crippen LogP contribution in [0.5, 0.6) is 0 Å². The molecule has 0 spiro atoms. The molecule has 0 aromatic heterocycles. The van der Waals surface area contributed by atoms with Crippen molar-refractivity contribution in [1.82, 2.24) is 0 Å². The largest absolute Gasteiger partial charge is 0.509 e. The molecule has 0 saturated heterocycles. The Morgan fingerprint density at radius 2 is 1.65 bits per heavy atom. The molecule has 26 heavy (non-hydrogen) atoms. The van der Waals surface area contributed by atoms with Gasteiger partial charge in [0.2, 0.25) is 0 Å². The van der Waals surface area contributed by atoms with Gasteiger partial charge in [-0.2, -0.15) is 0 Å². The van der Waals surface area contributed by atoms with Crippen molar-refractivity contribution in [1.29, 1.82) is 0 Å². The van der Waals surface area contributed by atoms with E-state index in [4.69, 9.17) is 4.74 Å². The lowest BCUT2D eigenvalue weighted by molar-refractivity contribution is -0.134. The first-order valence-corrected chi connectivity index (χ1v) is 7.80. The Labute approximate surface area is 152 Å². The number of benzene rings is 2. The van der Waals surface area contributed by atoms with Crippen LogP contribution in [0.4, 0.5) is 4.79 Å². The fourth-order valence-corrected chi connectivity index (χ4v) is 2.08. The third-order valence-electron chi connectivity index (χ3n) is 3.38. The summed E-state index contributed by atoms with van der Waals surface area (Å²) in [5, 5.41) is 0. The van der Waals surface area contributed by atoms with Crippen molar-refractivity contribution < 1.29 is 23.8 Å². The molecule has 0 radical (unpaired) electrons. The molecule has 1 atom stereocenters. The summed E-state index contributed by atoms with van der Waals surface area (Å²) in [5.74, 6) is 5.48. The van der Waals surface area contributed by atoms with Crippen molar-refractivity contribution in [3.8, 4) is 11.8 Å². The monoisotopic (exact) mass is 350 g/mol. The topological polar surface area (TPSA) is 61.8 Å². The van der Waals surface area contributed by atoms with Gasteiger partial charge in [-0.1, -0.05) is 54.5 Å². The van der Waals surface area contributed by atoms with E-state index >= 15 is 0 Å². The van der Waals surface area contributed by atoms with Crippen LogP contribution >= 0.6 is 0 Å². The molecule has 0 aliphatic carbocycles. The molecule has 5 nitrogen and oxygen atoms in total. The van der Waals surface area contributed by atoms with Gasteiger partial charge < -0.3 is 14.2 Å². The molecule has 0 aliphatic rings. The van der Waals surface area contributed by atoms with Crippen LogP contribution in [0.15, 0.2) is 60.7 Å². The standard InChI is InChI=1S/C21H18O5/c1-24-20(22)15-13-17-9-7-6-8-16(17)12-14-19(26-21(23)25-2)18-10-4-3-5-11-18/h3-11,13,15,19H,1-2H3/b15-13+/t19-/m0/s1. The molecule has 2 rings (SSSR count). The third-order valence-corrected chi connectivity index (χ3v) is 3.38. The molecule has 2 aromatic carbocycles. The molecule has 0 heterocycles. The van der Waals surface area contributed by atoms with Crippen LogP contribution in [-0.2, 0) is 19.0 Å². The summed E-state index contributed by atoms with van der Waals surface area (Å²) in [6.45, 7) is 0. The minimum absolute atomic E-state index is 0.455. The second kappa shape index (κ2) is 9.70. The van der Waals surface area contributed by atoms with E-state index in [0.717, 1.165) is 11.1 Å². The molecule has 0 fully saturated rings. The smallest absolute Gasteiger partial charge is 0.466 e. The van der Waals surface area contributed by atoms with Gasteiger partial charge >= 0.3 is 12.1 Å². The van der Waals surface area contributed by atoms with Gasteiger partial charge in [0.05, 0.1) is 14.2 Å². The van der Waals surface area contributed by atoms with Gasteiger partial charge in [0.1, 0.15) is 0 Å². The summed E-state index contributed by atoms with van der Waals surface area (Å²) in [7, 11) is 2.55. The fraction of sp³-hybridized carbons (Fsp3) is 0.143. The van der Waals surface area contributed by atoms with E-state index < -0.39 is 18.2 Å². The number of methoxy groups -OCH3 is 2. The lowest BCUT2D eigenvalue weighted by atomic mass is 10.1. The van der Waals surface area contributed by atoms with Crippen LogP contribution in [0, 0.1) is 11.8 Å². The number of carbonyl (C=O) groups is 2. The maximum Gasteiger partial charge on any atom is 0.509 e. The summed E-state index contributed by atoms with van der Waals surface area (Å²) in [6.07, 6.45) is 1.35. The lowest BCUT2D eigenvalue weighted by Crippen LogP contribution is -2.10. The Morgan fingerprint density at radius 1 is 0.962 bits per heavy atom. The average molecular weight is 350 g/mol. The average Bonchev–Trinajstić information content (AvgIpc) is 2.70. The highest BCUT2D eigenvalue weighted by atomic mass is 16.7. The van der Waals surface area contributed by atoms with Crippen molar-refractivity contribution in [2.45, 2.75) is 6.10 Å². The maximum atomic E-state index is 11.5. The number of rotatable bonds is 4. The quantitative estimate of drug-likeness (QED) is 0.477. The van der Waals surface area contributed by atoms with E-state index in [1.807, 2.05) is 54.6 Å². The van der Waals surface area contributed by atoms with Crippen LogP contribution in [0.2, 0.25) is 0 Å². The first kappa shape index (κ1) is 18.8. The SMILES string of the molecule is COC(=O)/C=C/c1ccccc1C#C[C@H](OC(=O)OC)c1ccccc1. The summed E-state index contributed by atoms with van der Waals surface area (Å²) >= 11 is 0. The van der Waals surface area contributed by atoms with Crippen molar-refractivity contribution in [3.63, 3.8) is 0 Å². The Kier molecular flexibility index (Phi) is 7.02. The van der Waals surface area contributed by atoms with Crippen LogP contribution in [0.3, 0.4) is 0 Å². The minimum Gasteiger partial charge on any atom is -0.466 e. The second-order valence-electron chi connectivity index (χ2n) is 5.08. The highest BCUT2D eigenvalue weighted by Crippen LogP contribution is 2.18. The number of esters is 1. The molecule has 0 amide bonds. The number of ether oxygens (including phenoxy) is 3. The van der Waals surface area contributed by atoms with Crippen LogP contribution in [0.25, 0.3) is 6.08 Å². The van der Waals surface area contributed by atoms with E-state index in [9.17, 15) is 9.59 Å². The van der Waals surface area contributed by atoms with Crippen molar-refractivity contribution in [2.75, 3.05) is 14.2 Å². The second-order valence-corrected chi connectivity index (χ2v) is 5.08. The van der Waals surface area contributed by atoms with E-state index in [1.165, 1.54) is 20.3 Å². The highest BCUT2D eigenvalue weighted by Gasteiger charge is 2.14. The Balaban J connectivity index is 2.33. The summed E-state index contributed by atoms with van der Waals surface area (Å²) in [4.78, 5) is 22.8. The molecule has 5 heteroatoms. The van der Waals surface area contributed by atoms with Crippen molar-refractivity contribution in [2.24, 2.45) is 0 Å². The molecular formula is C21H18O5. The Morgan fingerprint density at radius 3 is 2.35 bits per heavy atom. The number of hydrogen-bond acceptors (Lipinski definition) is 5. The van der Waals surface area contributed by atoms with E-state index in [1.54, 1.807) is 6.08 Å². The van der Waals surface area contributed by atoms with Gasteiger partial charge in [-0.25, -0.2) is 9.59 Å². The van der Waals surface area contributed by atoms with Crippen LogP contribution < -0.4 is 0 Å². The van der Waals surface area contributed by atoms with Crippen molar-refractivity contribution in [3.05, 3.63) is 77.4 Å². The summed E-state index contributed by atoms with van der Waals surface area (Å²) in [6, 6.07) is 16.4. The maximum absolute atomic E-state index is 11.5. The molecule has 0 unspecified atom stereocenters. The highest BCUT2D eigenvalue weighted by molar-refractivity contribution is 5.87. The number of carbonyl (C=O) groups excluding carboxylic acids is 2. The molecule has 0 N–H and O–H groups in total. The predicted molar refractivity (Wildman–Crippen MR) is 97.0 cm³/mol. The predicted octanol–water partition coefficient (Wildman–Crippen LogP) is 3.75. The summed E-state index contributed by atoms with van der Waals surface area (Å²) < 4.78 is 14.4. The van der Waals surface area contributed by atoms with Crippen LogP contribution in [0.1, 0.15) is 22.8 Å². The van der Waals surface area contributed by atoms with E-state index in [0.29, 0.717) is 5.56 Å². The summed E-state index contributed by atoms with van der Waals surface area (Å²) in [5.41, 5.74) is 2.16. The van der Waals surface area contributed by atoms with Gasteiger partial charge in [-0.15, -0.1) is 0 Å². The van der Waals surface area contributed by atoms with Gasteiger partial charge in [0.25, 0.3) is 0 Å². The van der Waals surface area contributed by atoms with Gasteiger partial charge in [0, 0.05) is 17.2 Å². The minimum atomic E-state index is -0.813. The zero-order valence-corrected chi connectivity index (χ0v) is 14.5. The Hall–Kier alpha value is -3.52. The number of hydrogen-bond donors (Lipinski definition) is 0. The molecule has 2 aromatic rings. The lowest BCUT2D eigenvalue weighted by Gasteiger charge is -2.11. The van der Waals surface area contributed by atoms with Gasteiger partial charge in [-0.3, -0.25) is 0 Å². The molecule has 0 aliphatic heterocycles. The molecule has 0 bridgehead atoms. The Bertz CT molecular complexity index is 843. The van der Waals surface area contributed by atoms with Gasteiger partial charge in [0.15, 0.2) is 6.10 Å². The molecular weight excluding hydrogens is 332 g/mol. The first-order valence-electron chi connectivity index (χ1n) is 7.80. The zero-order chi connectivity index (χ0) is 18.8. The molecule has 132 valence electrons.